The van der Waals surface area contributed by atoms with Crippen LogP contribution in [0.5, 0.6) is 0 Å². The van der Waals surface area contributed by atoms with Gasteiger partial charge >= 0.3 is 0 Å². The van der Waals surface area contributed by atoms with Gasteiger partial charge in [-0.25, -0.2) is 0 Å². The molecule has 0 saturated heterocycles. The first-order chi connectivity index (χ1) is 9.92. The average Bonchev–Trinajstić information content (AvgIpc) is 3.07. The van der Waals surface area contributed by atoms with Crippen molar-refractivity contribution in [1.82, 2.24) is 10.2 Å². The van der Waals surface area contributed by atoms with Gasteiger partial charge in [0.15, 0.2) is 0 Å². The van der Waals surface area contributed by atoms with E-state index in [-0.39, 0.29) is 5.54 Å². The largest absolute Gasteiger partial charge is 0.311 e. The first-order valence-corrected chi connectivity index (χ1v) is 9.30. The second-order valence-corrected chi connectivity index (χ2v) is 8.73. The van der Waals surface area contributed by atoms with Crippen molar-refractivity contribution >= 4 is 11.3 Å². The summed E-state index contributed by atoms with van der Waals surface area (Å²) in [6.07, 6.45) is 5.58. The molecule has 0 unspecified atom stereocenters. The van der Waals surface area contributed by atoms with Gasteiger partial charge in [0.05, 0.1) is 0 Å². The summed E-state index contributed by atoms with van der Waals surface area (Å²) in [7, 11) is 0. The molecular weight excluding hydrogens is 276 g/mol. The van der Waals surface area contributed by atoms with E-state index in [0.717, 1.165) is 19.6 Å². The van der Waals surface area contributed by atoms with E-state index in [2.05, 4.69) is 55.4 Å². The summed E-state index contributed by atoms with van der Waals surface area (Å²) < 4.78 is 0. The van der Waals surface area contributed by atoms with Crippen molar-refractivity contribution in [2.45, 2.75) is 65.5 Å². The van der Waals surface area contributed by atoms with E-state index in [9.17, 15) is 0 Å². The molecule has 0 amide bonds. The van der Waals surface area contributed by atoms with Crippen molar-refractivity contribution in [2.24, 2.45) is 5.41 Å². The van der Waals surface area contributed by atoms with Crippen LogP contribution in [0.15, 0.2) is 17.5 Å². The van der Waals surface area contributed by atoms with Gasteiger partial charge in [0, 0.05) is 30.1 Å². The molecule has 120 valence electrons. The Balaban J connectivity index is 1.96. The van der Waals surface area contributed by atoms with Crippen LogP contribution in [0.25, 0.3) is 0 Å². The van der Waals surface area contributed by atoms with Crippen LogP contribution in [0.4, 0.5) is 0 Å². The zero-order valence-corrected chi connectivity index (χ0v) is 15.1. The minimum atomic E-state index is 0.223. The Morgan fingerprint density at radius 1 is 1.29 bits per heavy atom. The van der Waals surface area contributed by atoms with Crippen LogP contribution in [-0.4, -0.2) is 30.1 Å². The van der Waals surface area contributed by atoms with Crippen LogP contribution in [0, 0.1) is 5.41 Å². The Bertz CT molecular complexity index is 399. The number of hydrogen-bond donors (Lipinski definition) is 1. The van der Waals surface area contributed by atoms with Gasteiger partial charge in [-0.05, 0) is 57.0 Å². The lowest BCUT2D eigenvalue weighted by Gasteiger charge is -2.37. The molecule has 2 nitrogen and oxygen atoms in total. The maximum Gasteiger partial charge on any atom is 0.0328 e. The molecule has 0 aliphatic heterocycles. The number of hydrogen-bond acceptors (Lipinski definition) is 3. The summed E-state index contributed by atoms with van der Waals surface area (Å²) >= 11 is 1.88. The predicted molar refractivity (Wildman–Crippen MR) is 93.9 cm³/mol. The molecule has 0 aromatic carbocycles. The molecule has 1 saturated carbocycles. The van der Waals surface area contributed by atoms with Gasteiger partial charge in [0.25, 0.3) is 0 Å². The Morgan fingerprint density at radius 2 is 2.00 bits per heavy atom. The van der Waals surface area contributed by atoms with Gasteiger partial charge < -0.3 is 5.32 Å². The molecule has 1 fully saturated rings. The standard InChI is InChI=1S/C18H32N2S/c1-5-20(13-16-9-8-12-21-16)15-18(10-6-7-11-18)14-19-17(2,3)4/h8-9,12,19H,5-7,10-11,13-15H2,1-4H3. The third kappa shape index (κ3) is 5.39. The van der Waals surface area contributed by atoms with Crippen molar-refractivity contribution in [3.8, 4) is 0 Å². The second kappa shape index (κ2) is 7.26. The van der Waals surface area contributed by atoms with Crippen molar-refractivity contribution in [2.75, 3.05) is 19.6 Å². The number of nitrogens with one attached hydrogen (secondary N) is 1. The summed E-state index contributed by atoms with van der Waals surface area (Å²) in [5.41, 5.74) is 0.709. The van der Waals surface area contributed by atoms with E-state index in [1.54, 1.807) is 0 Å². The fourth-order valence-corrected chi connectivity index (χ4v) is 4.09. The van der Waals surface area contributed by atoms with Crippen LogP contribution < -0.4 is 5.32 Å². The van der Waals surface area contributed by atoms with E-state index in [1.165, 1.54) is 37.1 Å². The molecule has 1 aromatic rings. The molecule has 0 spiro atoms. The zero-order chi connectivity index (χ0) is 15.3. The minimum absolute atomic E-state index is 0.223. The SMILES string of the molecule is CCN(Cc1cccs1)CC1(CNC(C)(C)C)CCCC1. The number of rotatable bonds is 7. The Kier molecular flexibility index (Phi) is 5.87. The maximum absolute atomic E-state index is 3.77. The molecule has 1 aliphatic carbocycles. The first-order valence-electron chi connectivity index (χ1n) is 8.42. The van der Waals surface area contributed by atoms with Crippen LogP contribution in [0.3, 0.4) is 0 Å². The lowest BCUT2D eigenvalue weighted by Crippen LogP contribution is -2.47. The number of thiophene rings is 1. The average molecular weight is 309 g/mol. The van der Waals surface area contributed by atoms with Crippen LogP contribution in [-0.2, 0) is 6.54 Å². The van der Waals surface area contributed by atoms with E-state index >= 15 is 0 Å². The molecule has 3 heteroatoms. The predicted octanol–water partition coefficient (Wildman–Crippen LogP) is 4.52. The van der Waals surface area contributed by atoms with Gasteiger partial charge in [-0.15, -0.1) is 11.3 Å². The quantitative estimate of drug-likeness (QED) is 0.797. The monoisotopic (exact) mass is 308 g/mol. The van der Waals surface area contributed by atoms with Crippen molar-refractivity contribution in [3.63, 3.8) is 0 Å². The van der Waals surface area contributed by atoms with Crippen molar-refractivity contribution in [1.29, 1.82) is 0 Å². The third-order valence-electron chi connectivity index (χ3n) is 4.62. The van der Waals surface area contributed by atoms with Crippen molar-refractivity contribution < 1.29 is 0 Å². The summed E-state index contributed by atoms with van der Waals surface area (Å²) in [6, 6.07) is 4.43. The Labute approximate surface area is 134 Å². The zero-order valence-electron chi connectivity index (χ0n) is 14.2. The molecule has 0 bridgehead atoms. The highest BCUT2D eigenvalue weighted by atomic mass is 32.1. The summed E-state index contributed by atoms with van der Waals surface area (Å²) in [5, 5.41) is 5.96. The molecule has 1 N–H and O–H groups in total. The molecule has 2 rings (SSSR count). The lowest BCUT2D eigenvalue weighted by atomic mass is 9.84. The molecule has 1 heterocycles. The van der Waals surface area contributed by atoms with Gasteiger partial charge in [0.2, 0.25) is 0 Å². The highest BCUT2D eigenvalue weighted by Crippen LogP contribution is 2.39. The smallest absolute Gasteiger partial charge is 0.0328 e. The molecule has 1 aromatic heterocycles. The van der Waals surface area contributed by atoms with Crippen LogP contribution >= 0.6 is 11.3 Å². The summed E-state index contributed by atoms with van der Waals surface area (Å²) in [4.78, 5) is 4.13. The van der Waals surface area contributed by atoms with E-state index in [0.29, 0.717) is 5.41 Å². The molecule has 0 atom stereocenters. The Morgan fingerprint density at radius 3 is 2.52 bits per heavy atom. The Hall–Kier alpha value is -0.380. The molecule has 21 heavy (non-hydrogen) atoms. The lowest BCUT2D eigenvalue weighted by molar-refractivity contribution is 0.140. The van der Waals surface area contributed by atoms with Crippen LogP contribution in [0.1, 0.15) is 58.3 Å². The van der Waals surface area contributed by atoms with E-state index < -0.39 is 0 Å². The van der Waals surface area contributed by atoms with E-state index in [1.807, 2.05) is 11.3 Å². The summed E-state index contributed by atoms with van der Waals surface area (Å²) in [5.74, 6) is 0. The highest BCUT2D eigenvalue weighted by Gasteiger charge is 2.36. The summed E-state index contributed by atoms with van der Waals surface area (Å²) in [6.45, 7) is 13.8. The normalized spacial score (nSPS) is 18.5. The molecular formula is C18H32N2S. The van der Waals surface area contributed by atoms with Crippen LogP contribution in [0.2, 0.25) is 0 Å². The molecule has 0 radical (unpaired) electrons. The number of nitrogens with zero attached hydrogens (tertiary/aromatic N) is 1. The first kappa shape index (κ1) is 17.0. The van der Waals surface area contributed by atoms with Gasteiger partial charge in [-0.2, -0.15) is 0 Å². The topological polar surface area (TPSA) is 15.3 Å². The van der Waals surface area contributed by atoms with Crippen molar-refractivity contribution in [3.05, 3.63) is 22.4 Å². The third-order valence-corrected chi connectivity index (χ3v) is 5.48. The molecule has 1 aliphatic rings. The maximum atomic E-state index is 3.77. The van der Waals surface area contributed by atoms with Gasteiger partial charge in [-0.3, -0.25) is 4.90 Å². The fraction of sp³-hybridized carbons (Fsp3) is 0.778. The van der Waals surface area contributed by atoms with E-state index in [4.69, 9.17) is 0 Å². The highest BCUT2D eigenvalue weighted by molar-refractivity contribution is 7.09. The second-order valence-electron chi connectivity index (χ2n) is 7.69. The minimum Gasteiger partial charge on any atom is -0.311 e. The van der Waals surface area contributed by atoms with Gasteiger partial charge in [-0.1, -0.05) is 25.8 Å². The fourth-order valence-electron chi connectivity index (χ4n) is 3.35. The van der Waals surface area contributed by atoms with Gasteiger partial charge in [0.1, 0.15) is 0 Å².